The highest BCUT2D eigenvalue weighted by atomic mass is 79.9. The SMILES string of the molecule is O=C(c1ccc2cc(Br)ccc2c1)C1CC1. The van der Waals surface area contributed by atoms with Crippen LogP contribution in [0.1, 0.15) is 23.2 Å². The fourth-order valence-electron chi connectivity index (χ4n) is 1.95. The summed E-state index contributed by atoms with van der Waals surface area (Å²) in [6, 6.07) is 12.1. The van der Waals surface area contributed by atoms with E-state index < -0.39 is 0 Å². The third kappa shape index (κ3) is 1.78. The van der Waals surface area contributed by atoms with Crippen LogP contribution in [0.4, 0.5) is 0 Å². The molecule has 0 radical (unpaired) electrons. The van der Waals surface area contributed by atoms with Gasteiger partial charge in [-0.3, -0.25) is 4.79 Å². The lowest BCUT2D eigenvalue weighted by molar-refractivity contribution is 0.0968. The quantitative estimate of drug-likeness (QED) is 0.751. The molecule has 1 nitrogen and oxygen atoms in total. The van der Waals surface area contributed by atoms with Crippen molar-refractivity contribution in [2.75, 3.05) is 0 Å². The van der Waals surface area contributed by atoms with E-state index in [-0.39, 0.29) is 0 Å². The van der Waals surface area contributed by atoms with Gasteiger partial charge in [0.15, 0.2) is 5.78 Å². The van der Waals surface area contributed by atoms with Gasteiger partial charge in [0.25, 0.3) is 0 Å². The van der Waals surface area contributed by atoms with E-state index >= 15 is 0 Å². The van der Waals surface area contributed by atoms with Gasteiger partial charge in [0.2, 0.25) is 0 Å². The van der Waals surface area contributed by atoms with Crippen molar-refractivity contribution in [3.8, 4) is 0 Å². The van der Waals surface area contributed by atoms with Gasteiger partial charge < -0.3 is 0 Å². The Hall–Kier alpha value is -1.15. The van der Waals surface area contributed by atoms with E-state index in [2.05, 4.69) is 22.0 Å². The minimum Gasteiger partial charge on any atom is -0.294 e. The highest BCUT2D eigenvalue weighted by molar-refractivity contribution is 9.10. The number of halogens is 1. The maximum Gasteiger partial charge on any atom is 0.165 e. The predicted octanol–water partition coefficient (Wildman–Crippen LogP) is 4.20. The molecule has 1 aliphatic rings. The Morgan fingerprint density at radius 2 is 1.75 bits per heavy atom. The third-order valence-electron chi connectivity index (χ3n) is 3.03. The lowest BCUT2D eigenvalue weighted by Crippen LogP contribution is -2.00. The molecule has 80 valence electrons. The standard InChI is InChI=1S/C14H11BrO/c15-13-6-5-10-7-12(4-3-11(10)8-13)14(16)9-1-2-9/h3-9H,1-2H2. The number of Topliss-reactive ketones (excluding diaryl/α,β-unsaturated/α-hetero) is 1. The molecule has 0 aromatic heterocycles. The van der Waals surface area contributed by atoms with Crippen molar-refractivity contribution in [1.29, 1.82) is 0 Å². The van der Waals surface area contributed by atoms with Crippen molar-refractivity contribution >= 4 is 32.5 Å². The van der Waals surface area contributed by atoms with Crippen molar-refractivity contribution in [1.82, 2.24) is 0 Å². The molecule has 0 bridgehead atoms. The van der Waals surface area contributed by atoms with Crippen LogP contribution in [0.25, 0.3) is 10.8 Å². The summed E-state index contributed by atoms with van der Waals surface area (Å²) in [6.07, 6.45) is 2.13. The van der Waals surface area contributed by atoms with Gasteiger partial charge in [0.05, 0.1) is 0 Å². The van der Waals surface area contributed by atoms with Gasteiger partial charge in [-0.25, -0.2) is 0 Å². The number of hydrogen-bond donors (Lipinski definition) is 0. The Bertz CT molecular complexity index is 570. The monoisotopic (exact) mass is 274 g/mol. The fourth-order valence-corrected chi connectivity index (χ4v) is 2.33. The Kier molecular flexibility index (Phi) is 2.32. The minimum atomic E-state index is 0.299. The summed E-state index contributed by atoms with van der Waals surface area (Å²) in [5.74, 6) is 0.609. The minimum absolute atomic E-state index is 0.299. The zero-order valence-electron chi connectivity index (χ0n) is 8.74. The first-order chi connectivity index (χ1) is 7.74. The van der Waals surface area contributed by atoms with Crippen LogP contribution in [-0.2, 0) is 0 Å². The molecule has 0 saturated heterocycles. The van der Waals surface area contributed by atoms with E-state index in [0.717, 1.165) is 28.3 Å². The van der Waals surface area contributed by atoms with Crippen molar-refractivity contribution in [3.63, 3.8) is 0 Å². The van der Waals surface area contributed by atoms with Crippen LogP contribution in [0.3, 0.4) is 0 Å². The van der Waals surface area contributed by atoms with Crippen LogP contribution in [0, 0.1) is 5.92 Å². The molecule has 3 rings (SSSR count). The molecule has 0 heterocycles. The van der Waals surface area contributed by atoms with E-state index in [9.17, 15) is 4.79 Å². The molecule has 0 N–H and O–H groups in total. The van der Waals surface area contributed by atoms with Crippen LogP contribution in [0.15, 0.2) is 40.9 Å². The Labute approximate surface area is 103 Å². The number of ketones is 1. The Balaban J connectivity index is 2.08. The largest absolute Gasteiger partial charge is 0.294 e. The molecule has 0 spiro atoms. The number of hydrogen-bond acceptors (Lipinski definition) is 1. The van der Waals surface area contributed by atoms with E-state index in [1.165, 1.54) is 5.39 Å². The summed E-state index contributed by atoms with van der Waals surface area (Å²) in [6.45, 7) is 0. The highest BCUT2D eigenvalue weighted by Gasteiger charge is 2.30. The van der Waals surface area contributed by atoms with Gasteiger partial charge in [-0.2, -0.15) is 0 Å². The molecule has 0 amide bonds. The van der Waals surface area contributed by atoms with Crippen LogP contribution in [0.2, 0.25) is 0 Å². The fraction of sp³-hybridized carbons (Fsp3) is 0.214. The first-order valence-corrected chi connectivity index (χ1v) is 6.27. The molecule has 1 saturated carbocycles. The highest BCUT2D eigenvalue weighted by Crippen LogP contribution is 2.33. The summed E-state index contributed by atoms with van der Waals surface area (Å²) in [5, 5.41) is 2.30. The summed E-state index contributed by atoms with van der Waals surface area (Å²) in [4.78, 5) is 11.9. The molecule has 1 fully saturated rings. The second-order valence-corrected chi connectivity index (χ2v) is 5.26. The molecule has 0 aliphatic heterocycles. The third-order valence-corrected chi connectivity index (χ3v) is 3.53. The van der Waals surface area contributed by atoms with Crippen LogP contribution < -0.4 is 0 Å². The second-order valence-electron chi connectivity index (χ2n) is 4.34. The van der Waals surface area contributed by atoms with Gasteiger partial charge >= 0.3 is 0 Å². The molecule has 0 unspecified atom stereocenters. The lowest BCUT2D eigenvalue weighted by atomic mass is 10.0. The number of rotatable bonds is 2. The number of carbonyl (C=O) groups is 1. The summed E-state index contributed by atoms with van der Waals surface area (Å²) < 4.78 is 1.07. The van der Waals surface area contributed by atoms with Crippen LogP contribution >= 0.6 is 15.9 Å². The maximum atomic E-state index is 11.9. The lowest BCUT2D eigenvalue weighted by Gasteiger charge is -2.02. The molecule has 1 aliphatic carbocycles. The normalized spacial score (nSPS) is 15.3. The van der Waals surface area contributed by atoms with Crippen molar-refractivity contribution in [2.45, 2.75) is 12.8 Å². The van der Waals surface area contributed by atoms with Crippen LogP contribution in [-0.4, -0.2) is 5.78 Å². The molecular formula is C14H11BrO. The van der Waals surface area contributed by atoms with Crippen LogP contribution in [0.5, 0.6) is 0 Å². The first-order valence-electron chi connectivity index (χ1n) is 5.47. The summed E-state index contributed by atoms with van der Waals surface area (Å²) >= 11 is 3.45. The number of carbonyl (C=O) groups excluding carboxylic acids is 1. The molecule has 16 heavy (non-hydrogen) atoms. The Morgan fingerprint density at radius 1 is 1.06 bits per heavy atom. The van der Waals surface area contributed by atoms with Gasteiger partial charge in [0, 0.05) is 16.0 Å². The zero-order valence-corrected chi connectivity index (χ0v) is 10.3. The van der Waals surface area contributed by atoms with Gasteiger partial charge in [-0.1, -0.05) is 34.1 Å². The van der Waals surface area contributed by atoms with Crippen molar-refractivity contribution in [3.05, 3.63) is 46.4 Å². The topological polar surface area (TPSA) is 17.1 Å². The van der Waals surface area contributed by atoms with Gasteiger partial charge in [-0.15, -0.1) is 0 Å². The van der Waals surface area contributed by atoms with Crippen molar-refractivity contribution < 1.29 is 4.79 Å². The molecular weight excluding hydrogens is 264 g/mol. The summed E-state index contributed by atoms with van der Waals surface area (Å²) in [5.41, 5.74) is 0.859. The second kappa shape index (κ2) is 3.70. The van der Waals surface area contributed by atoms with E-state index in [4.69, 9.17) is 0 Å². The molecule has 2 aromatic rings. The van der Waals surface area contributed by atoms with Crippen molar-refractivity contribution in [2.24, 2.45) is 5.92 Å². The summed E-state index contributed by atoms with van der Waals surface area (Å²) in [7, 11) is 0. The van der Waals surface area contributed by atoms with E-state index in [1.807, 2.05) is 30.3 Å². The number of fused-ring (bicyclic) bond motifs is 1. The first kappa shape index (κ1) is 10.0. The molecule has 0 atom stereocenters. The predicted molar refractivity (Wildman–Crippen MR) is 68.7 cm³/mol. The zero-order chi connectivity index (χ0) is 11.1. The average molecular weight is 275 g/mol. The van der Waals surface area contributed by atoms with Gasteiger partial charge in [0.1, 0.15) is 0 Å². The van der Waals surface area contributed by atoms with E-state index in [0.29, 0.717) is 11.7 Å². The smallest absolute Gasteiger partial charge is 0.165 e. The van der Waals surface area contributed by atoms with E-state index in [1.54, 1.807) is 0 Å². The molecule has 2 heteroatoms. The average Bonchev–Trinajstić information content (AvgIpc) is 3.11. The maximum absolute atomic E-state index is 11.9. The number of benzene rings is 2. The van der Waals surface area contributed by atoms with Gasteiger partial charge in [-0.05, 0) is 41.8 Å². The molecule has 2 aromatic carbocycles. The Morgan fingerprint density at radius 3 is 2.50 bits per heavy atom.